The second-order valence-electron chi connectivity index (χ2n) is 4.18. The summed E-state index contributed by atoms with van der Waals surface area (Å²) in [6, 6.07) is 7.45. The highest BCUT2D eigenvalue weighted by Gasteiger charge is 2.28. The van der Waals surface area contributed by atoms with E-state index in [2.05, 4.69) is 5.32 Å². The van der Waals surface area contributed by atoms with E-state index in [9.17, 15) is 9.59 Å². The smallest absolute Gasteiger partial charge is 0.221 e. The van der Waals surface area contributed by atoms with E-state index < -0.39 is 0 Å². The van der Waals surface area contributed by atoms with Gasteiger partial charge in [0.25, 0.3) is 0 Å². The van der Waals surface area contributed by atoms with Crippen LogP contribution < -0.4 is 5.32 Å². The average molecular weight is 241 g/mol. The first kappa shape index (κ1) is 12.3. The number of rotatable bonds is 3. The van der Waals surface area contributed by atoms with Crippen LogP contribution in [0.25, 0.3) is 5.57 Å². The number of ketones is 1. The fourth-order valence-electron chi connectivity index (χ4n) is 2.11. The lowest BCUT2D eigenvalue weighted by molar-refractivity contribution is -0.118. The maximum absolute atomic E-state index is 12.2. The highest BCUT2D eigenvalue weighted by atomic mass is 16.2. The SMILES string of the molecule is CC=CCC1=C(NC(C)=O)C(=O)c2ccccc21. The van der Waals surface area contributed by atoms with Crippen LogP contribution in [0.15, 0.2) is 42.1 Å². The van der Waals surface area contributed by atoms with Crippen molar-refractivity contribution in [2.75, 3.05) is 0 Å². The third-order valence-electron chi connectivity index (χ3n) is 2.88. The molecule has 1 aromatic carbocycles. The van der Waals surface area contributed by atoms with E-state index in [0.29, 0.717) is 17.7 Å². The van der Waals surface area contributed by atoms with Crippen molar-refractivity contribution in [2.45, 2.75) is 20.3 Å². The summed E-state index contributed by atoms with van der Waals surface area (Å²) in [6.07, 6.45) is 4.56. The van der Waals surface area contributed by atoms with Gasteiger partial charge in [0.2, 0.25) is 11.7 Å². The highest BCUT2D eigenvalue weighted by molar-refractivity contribution is 6.21. The normalized spacial score (nSPS) is 14.2. The zero-order valence-electron chi connectivity index (χ0n) is 10.5. The lowest BCUT2D eigenvalue weighted by Crippen LogP contribution is -2.23. The number of benzene rings is 1. The van der Waals surface area contributed by atoms with E-state index in [0.717, 1.165) is 11.1 Å². The Balaban J connectivity index is 2.50. The number of nitrogens with one attached hydrogen (secondary N) is 1. The maximum Gasteiger partial charge on any atom is 0.221 e. The Morgan fingerprint density at radius 1 is 1.28 bits per heavy atom. The first-order chi connectivity index (χ1) is 8.65. The Hall–Kier alpha value is -2.16. The van der Waals surface area contributed by atoms with Gasteiger partial charge in [-0.3, -0.25) is 9.59 Å². The number of hydrogen-bond donors (Lipinski definition) is 1. The van der Waals surface area contributed by atoms with Crippen LogP contribution in [0, 0.1) is 0 Å². The van der Waals surface area contributed by atoms with E-state index in [1.165, 1.54) is 6.92 Å². The molecule has 2 rings (SSSR count). The molecule has 0 atom stereocenters. The van der Waals surface area contributed by atoms with E-state index in [1.807, 2.05) is 37.3 Å². The molecular weight excluding hydrogens is 226 g/mol. The molecule has 0 aromatic heterocycles. The van der Waals surface area contributed by atoms with Crippen LogP contribution in [-0.4, -0.2) is 11.7 Å². The molecule has 1 amide bonds. The number of fused-ring (bicyclic) bond motifs is 1. The predicted octanol–water partition coefficient (Wildman–Crippen LogP) is 2.70. The number of carbonyl (C=O) groups excluding carboxylic acids is 2. The highest BCUT2D eigenvalue weighted by Crippen LogP contribution is 2.33. The molecule has 1 aliphatic rings. The third-order valence-corrected chi connectivity index (χ3v) is 2.88. The largest absolute Gasteiger partial charge is 0.323 e. The zero-order valence-corrected chi connectivity index (χ0v) is 10.5. The number of hydrogen-bond acceptors (Lipinski definition) is 2. The van der Waals surface area contributed by atoms with Crippen LogP contribution in [0.3, 0.4) is 0 Å². The summed E-state index contributed by atoms with van der Waals surface area (Å²) in [7, 11) is 0. The van der Waals surface area contributed by atoms with Crippen LogP contribution in [0.5, 0.6) is 0 Å². The number of Topliss-reactive ketones (excluding diaryl/α,β-unsaturated/α-hetero) is 1. The van der Waals surface area contributed by atoms with Crippen molar-refractivity contribution in [3.8, 4) is 0 Å². The molecule has 3 heteroatoms. The molecule has 0 fully saturated rings. The van der Waals surface area contributed by atoms with E-state index in [1.54, 1.807) is 6.07 Å². The van der Waals surface area contributed by atoms with Gasteiger partial charge < -0.3 is 5.32 Å². The van der Waals surface area contributed by atoms with Crippen molar-refractivity contribution in [1.82, 2.24) is 5.32 Å². The van der Waals surface area contributed by atoms with Gasteiger partial charge in [-0.05, 0) is 24.5 Å². The molecule has 3 nitrogen and oxygen atoms in total. The van der Waals surface area contributed by atoms with E-state index >= 15 is 0 Å². The summed E-state index contributed by atoms with van der Waals surface area (Å²) in [4.78, 5) is 23.4. The third kappa shape index (κ3) is 2.12. The molecule has 0 heterocycles. The summed E-state index contributed by atoms with van der Waals surface area (Å²) < 4.78 is 0. The predicted molar refractivity (Wildman–Crippen MR) is 70.9 cm³/mol. The molecule has 1 aliphatic carbocycles. The van der Waals surface area contributed by atoms with Crippen molar-refractivity contribution in [2.24, 2.45) is 0 Å². The van der Waals surface area contributed by atoms with Gasteiger partial charge in [0, 0.05) is 12.5 Å². The van der Waals surface area contributed by atoms with Gasteiger partial charge >= 0.3 is 0 Å². The Bertz CT molecular complexity index is 568. The molecule has 0 spiro atoms. The standard InChI is InChI=1S/C15H15NO2/c1-3-4-7-12-11-8-5-6-9-13(11)15(18)14(12)16-10(2)17/h3-6,8-9H,7H2,1-2H3,(H,16,17,18). The molecule has 0 unspecified atom stereocenters. The topological polar surface area (TPSA) is 46.2 Å². The fraction of sp³-hybridized carbons (Fsp3) is 0.200. The molecule has 0 bridgehead atoms. The van der Waals surface area contributed by atoms with Crippen molar-refractivity contribution in [3.63, 3.8) is 0 Å². The van der Waals surface area contributed by atoms with Crippen molar-refractivity contribution in [1.29, 1.82) is 0 Å². The summed E-state index contributed by atoms with van der Waals surface area (Å²) in [5, 5.41) is 2.65. The zero-order chi connectivity index (χ0) is 13.1. The Kier molecular flexibility index (Phi) is 3.42. The van der Waals surface area contributed by atoms with E-state index in [4.69, 9.17) is 0 Å². The molecule has 0 saturated carbocycles. The van der Waals surface area contributed by atoms with Crippen molar-refractivity contribution < 1.29 is 9.59 Å². The molecule has 0 aliphatic heterocycles. The minimum atomic E-state index is -0.218. The summed E-state index contributed by atoms with van der Waals surface area (Å²) in [6.45, 7) is 3.35. The molecule has 0 saturated heterocycles. The molecule has 0 radical (unpaired) electrons. The van der Waals surface area contributed by atoms with Crippen LogP contribution in [0.4, 0.5) is 0 Å². The Morgan fingerprint density at radius 3 is 2.56 bits per heavy atom. The monoisotopic (exact) mass is 241 g/mol. The van der Waals surface area contributed by atoms with Gasteiger partial charge in [0.05, 0.1) is 5.70 Å². The molecular formula is C15H15NO2. The van der Waals surface area contributed by atoms with Gasteiger partial charge in [0.1, 0.15) is 0 Å². The van der Waals surface area contributed by atoms with Gasteiger partial charge in [-0.25, -0.2) is 0 Å². The maximum atomic E-state index is 12.2. The summed E-state index contributed by atoms with van der Waals surface area (Å²) in [5.74, 6) is -0.315. The van der Waals surface area contributed by atoms with E-state index in [-0.39, 0.29) is 11.7 Å². The average Bonchev–Trinajstić information content (AvgIpc) is 2.61. The lowest BCUT2D eigenvalue weighted by atomic mass is 10.0. The number of carbonyl (C=O) groups is 2. The minimum Gasteiger partial charge on any atom is -0.323 e. The lowest BCUT2D eigenvalue weighted by Gasteiger charge is -2.05. The summed E-state index contributed by atoms with van der Waals surface area (Å²) >= 11 is 0. The van der Waals surface area contributed by atoms with Crippen LogP contribution in [0.1, 0.15) is 36.2 Å². The van der Waals surface area contributed by atoms with Crippen LogP contribution in [0.2, 0.25) is 0 Å². The molecule has 1 aromatic rings. The first-order valence-electron chi connectivity index (χ1n) is 5.91. The van der Waals surface area contributed by atoms with Crippen LogP contribution >= 0.6 is 0 Å². The Labute approximate surface area is 106 Å². The van der Waals surface area contributed by atoms with Gasteiger partial charge in [-0.1, -0.05) is 36.4 Å². The number of allylic oxidation sites excluding steroid dienone is 4. The van der Waals surface area contributed by atoms with Gasteiger partial charge in [-0.2, -0.15) is 0 Å². The van der Waals surface area contributed by atoms with Crippen molar-refractivity contribution in [3.05, 3.63) is 53.2 Å². The second-order valence-corrected chi connectivity index (χ2v) is 4.18. The first-order valence-corrected chi connectivity index (χ1v) is 5.91. The minimum absolute atomic E-state index is 0.0969. The fourth-order valence-corrected chi connectivity index (χ4v) is 2.11. The van der Waals surface area contributed by atoms with Gasteiger partial charge in [0.15, 0.2) is 0 Å². The van der Waals surface area contributed by atoms with Gasteiger partial charge in [-0.15, -0.1) is 0 Å². The number of amides is 1. The van der Waals surface area contributed by atoms with Crippen molar-refractivity contribution >= 4 is 17.3 Å². The molecule has 92 valence electrons. The second kappa shape index (κ2) is 5.00. The van der Waals surface area contributed by atoms with Crippen LogP contribution in [-0.2, 0) is 4.79 Å². The molecule has 18 heavy (non-hydrogen) atoms. The molecule has 1 N–H and O–H groups in total. The Morgan fingerprint density at radius 2 is 1.94 bits per heavy atom. The quantitative estimate of drug-likeness (QED) is 0.827. The summed E-state index contributed by atoms with van der Waals surface area (Å²) in [5.41, 5.74) is 2.90.